The fourth-order valence-electron chi connectivity index (χ4n) is 2.37. The summed E-state index contributed by atoms with van der Waals surface area (Å²) < 4.78 is 25.5. The Morgan fingerprint density at radius 2 is 2.14 bits per heavy atom. The number of benzene rings is 1. The van der Waals surface area contributed by atoms with Crippen LogP contribution < -0.4 is 5.32 Å². The van der Waals surface area contributed by atoms with Crippen LogP contribution in [0.15, 0.2) is 22.4 Å². The fraction of sp³-hybridized carbons (Fsp3) is 0.231. The quantitative estimate of drug-likeness (QED) is 0.905. The Kier molecular flexibility index (Phi) is 3.28. The number of rotatable bonds is 3. The van der Waals surface area contributed by atoms with Gasteiger partial charge in [-0.1, -0.05) is 11.2 Å². The Morgan fingerprint density at radius 3 is 2.86 bits per heavy atom. The number of tetrazole rings is 1. The van der Waals surface area contributed by atoms with Crippen molar-refractivity contribution >= 4 is 27.8 Å². The standard InChI is InChI=1S/C13H13N5O3S/c1-3-18-13(15-16-17-18)14-12(19)10-5-4-9-6-7-22(20,21)11(9)8(10)2/h4-7H,3H2,1-2H3,(H,14,15,17,19). The molecule has 0 saturated carbocycles. The summed E-state index contributed by atoms with van der Waals surface area (Å²) in [7, 11) is -3.47. The van der Waals surface area contributed by atoms with Crippen LogP contribution in [0.1, 0.15) is 28.4 Å². The molecule has 0 bridgehead atoms. The van der Waals surface area contributed by atoms with E-state index in [1.165, 1.54) is 10.8 Å². The Labute approximate surface area is 126 Å². The second kappa shape index (κ2) is 5.02. The van der Waals surface area contributed by atoms with Crippen LogP contribution in [0, 0.1) is 6.92 Å². The first-order valence-electron chi connectivity index (χ1n) is 6.58. The van der Waals surface area contributed by atoms with Crippen LogP contribution in [0.5, 0.6) is 0 Å². The van der Waals surface area contributed by atoms with Gasteiger partial charge in [0.25, 0.3) is 5.91 Å². The van der Waals surface area contributed by atoms with E-state index in [1.54, 1.807) is 19.1 Å². The summed E-state index contributed by atoms with van der Waals surface area (Å²) in [6.07, 6.45) is 1.52. The lowest BCUT2D eigenvalue weighted by molar-refractivity contribution is 0.102. The molecule has 1 N–H and O–H groups in total. The maximum Gasteiger partial charge on any atom is 0.258 e. The summed E-state index contributed by atoms with van der Waals surface area (Å²) in [6.45, 7) is 3.95. The van der Waals surface area contributed by atoms with E-state index in [0.717, 1.165) is 5.41 Å². The highest BCUT2D eigenvalue weighted by Gasteiger charge is 2.26. The lowest BCUT2D eigenvalue weighted by atomic mass is 10.0. The maximum absolute atomic E-state index is 12.4. The number of nitrogens with one attached hydrogen (secondary N) is 1. The van der Waals surface area contributed by atoms with Crippen molar-refractivity contribution in [2.24, 2.45) is 0 Å². The molecule has 0 atom stereocenters. The first kappa shape index (κ1) is 14.4. The number of sulfone groups is 1. The van der Waals surface area contributed by atoms with Crippen LogP contribution in [0.4, 0.5) is 5.95 Å². The Balaban J connectivity index is 1.99. The van der Waals surface area contributed by atoms with Gasteiger partial charge in [0.05, 0.1) is 4.90 Å². The first-order chi connectivity index (χ1) is 10.4. The summed E-state index contributed by atoms with van der Waals surface area (Å²) in [5.41, 5.74) is 1.28. The number of carbonyl (C=O) groups is 1. The minimum Gasteiger partial charge on any atom is -0.289 e. The number of carbonyl (C=O) groups excluding carboxylic acids is 1. The van der Waals surface area contributed by atoms with Gasteiger partial charge in [0, 0.05) is 17.5 Å². The molecule has 1 aromatic heterocycles. The third-order valence-corrected chi connectivity index (χ3v) is 5.05. The predicted molar refractivity (Wildman–Crippen MR) is 78.8 cm³/mol. The number of fused-ring (bicyclic) bond motifs is 1. The summed E-state index contributed by atoms with van der Waals surface area (Å²) in [6, 6.07) is 3.20. The Bertz CT molecular complexity index is 898. The van der Waals surface area contributed by atoms with E-state index in [9.17, 15) is 13.2 Å². The normalized spacial score (nSPS) is 14.8. The summed E-state index contributed by atoms with van der Waals surface area (Å²) in [5.74, 6) is -0.236. The number of hydrogen-bond acceptors (Lipinski definition) is 6. The van der Waals surface area contributed by atoms with Crippen molar-refractivity contribution in [2.75, 3.05) is 5.32 Å². The van der Waals surface area contributed by atoms with E-state index >= 15 is 0 Å². The Morgan fingerprint density at radius 1 is 1.36 bits per heavy atom. The van der Waals surface area contributed by atoms with Crippen LogP contribution >= 0.6 is 0 Å². The molecule has 1 aliphatic rings. The Hall–Kier alpha value is -2.55. The van der Waals surface area contributed by atoms with Crippen molar-refractivity contribution < 1.29 is 13.2 Å². The third kappa shape index (κ3) is 2.19. The minimum absolute atomic E-state index is 0.176. The molecular weight excluding hydrogens is 306 g/mol. The smallest absolute Gasteiger partial charge is 0.258 e. The minimum atomic E-state index is -3.47. The average Bonchev–Trinajstić information content (AvgIpc) is 3.03. The van der Waals surface area contributed by atoms with Crippen molar-refractivity contribution in [3.05, 3.63) is 34.2 Å². The van der Waals surface area contributed by atoms with Crippen molar-refractivity contribution in [3.8, 4) is 0 Å². The lowest BCUT2D eigenvalue weighted by Gasteiger charge is -2.10. The number of aryl methyl sites for hydroxylation is 1. The molecule has 114 valence electrons. The van der Waals surface area contributed by atoms with Crippen molar-refractivity contribution in [2.45, 2.75) is 25.3 Å². The molecular formula is C13H13N5O3S. The number of amides is 1. The first-order valence-corrected chi connectivity index (χ1v) is 8.13. The molecule has 1 aliphatic heterocycles. The average molecular weight is 319 g/mol. The van der Waals surface area contributed by atoms with E-state index in [0.29, 0.717) is 17.7 Å². The second-order valence-corrected chi connectivity index (χ2v) is 6.55. The number of aromatic nitrogens is 4. The van der Waals surface area contributed by atoms with Crippen LogP contribution in [-0.2, 0) is 16.4 Å². The van der Waals surface area contributed by atoms with E-state index in [-0.39, 0.29) is 16.4 Å². The zero-order valence-electron chi connectivity index (χ0n) is 11.9. The molecule has 0 fully saturated rings. The summed E-state index contributed by atoms with van der Waals surface area (Å²) in [5, 5.41) is 14.7. The molecule has 1 amide bonds. The van der Waals surface area contributed by atoms with Gasteiger partial charge in [0.15, 0.2) is 0 Å². The largest absolute Gasteiger partial charge is 0.289 e. The van der Waals surface area contributed by atoms with Crippen molar-refractivity contribution in [3.63, 3.8) is 0 Å². The zero-order valence-corrected chi connectivity index (χ0v) is 12.8. The van der Waals surface area contributed by atoms with E-state index in [4.69, 9.17) is 0 Å². The third-order valence-electron chi connectivity index (χ3n) is 3.45. The summed E-state index contributed by atoms with van der Waals surface area (Å²) in [4.78, 5) is 12.6. The topological polar surface area (TPSA) is 107 Å². The summed E-state index contributed by atoms with van der Waals surface area (Å²) >= 11 is 0. The number of hydrogen-bond donors (Lipinski definition) is 1. The van der Waals surface area contributed by atoms with Crippen molar-refractivity contribution in [1.82, 2.24) is 20.2 Å². The van der Waals surface area contributed by atoms with Gasteiger partial charge < -0.3 is 0 Å². The molecule has 0 aliphatic carbocycles. The monoisotopic (exact) mass is 319 g/mol. The van der Waals surface area contributed by atoms with Crippen LogP contribution in [0.2, 0.25) is 0 Å². The molecule has 9 heteroatoms. The van der Waals surface area contributed by atoms with Gasteiger partial charge in [-0.15, -0.1) is 0 Å². The SMILES string of the molecule is CCn1nnnc1NC(=O)c1ccc2c(c1C)S(=O)(=O)C=C2. The van der Waals surface area contributed by atoms with Gasteiger partial charge in [-0.2, -0.15) is 0 Å². The molecule has 0 saturated heterocycles. The lowest BCUT2D eigenvalue weighted by Crippen LogP contribution is -2.18. The highest BCUT2D eigenvalue weighted by Crippen LogP contribution is 2.31. The molecule has 8 nitrogen and oxygen atoms in total. The maximum atomic E-state index is 12.4. The van der Waals surface area contributed by atoms with E-state index in [1.807, 2.05) is 6.92 Å². The van der Waals surface area contributed by atoms with Crippen LogP contribution in [-0.4, -0.2) is 34.5 Å². The molecule has 0 spiro atoms. The molecule has 2 aromatic rings. The molecule has 22 heavy (non-hydrogen) atoms. The fourth-order valence-corrected chi connectivity index (χ4v) is 3.84. The van der Waals surface area contributed by atoms with Crippen molar-refractivity contribution in [1.29, 1.82) is 0 Å². The van der Waals surface area contributed by atoms with Crippen LogP contribution in [0.3, 0.4) is 0 Å². The molecule has 2 heterocycles. The number of nitrogens with zero attached hydrogens (tertiary/aromatic N) is 4. The molecule has 0 radical (unpaired) electrons. The van der Waals surface area contributed by atoms with Gasteiger partial charge in [0.1, 0.15) is 0 Å². The van der Waals surface area contributed by atoms with E-state index in [2.05, 4.69) is 20.8 Å². The zero-order chi connectivity index (χ0) is 15.9. The molecule has 3 rings (SSSR count). The van der Waals surface area contributed by atoms with Gasteiger partial charge in [0.2, 0.25) is 15.8 Å². The highest BCUT2D eigenvalue weighted by molar-refractivity contribution is 7.94. The second-order valence-electron chi connectivity index (χ2n) is 4.78. The molecule has 1 aromatic carbocycles. The van der Waals surface area contributed by atoms with Crippen LogP contribution in [0.25, 0.3) is 6.08 Å². The van der Waals surface area contributed by atoms with Gasteiger partial charge in [-0.05, 0) is 47.5 Å². The van der Waals surface area contributed by atoms with Gasteiger partial charge in [-0.25, -0.2) is 13.1 Å². The van der Waals surface area contributed by atoms with Gasteiger partial charge >= 0.3 is 0 Å². The van der Waals surface area contributed by atoms with Gasteiger partial charge in [-0.3, -0.25) is 10.1 Å². The molecule has 0 unspecified atom stereocenters. The van der Waals surface area contributed by atoms with E-state index < -0.39 is 15.7 Å². The number of anilines is 1. The highest BCUT2D eigenvalue weighted by atomic mass is 32.2. The predicted octanol–water partition coefficient (Wildman–Crippen LogP) is 1.01.